The number of nitrogens with one attached hydrogen (secondary N) is 1. The maximum atomic E-state index is 5.72. The summed E-state index contributed by atoms with van der Waals surface area (Å²) in [6, 6.07) is 0.455. The number of hydrogen-bond donors (Lipinski definition) is 1. The molecule has 0 amide bonds. The summed E-state index contributed by atoms with van der Waals surface area (Å²) in [5.74, 6) is 0.622. The molecule has 0 saturated carbocycles. The predicted octanol–water partition coefficient (Wildman–Crippen LogP) is 3.07. The van der Waals surface area contributed by atoms with E-state index in [-0.39, 0.29) is 5.41 Å². The van der Waals surface area contributed by atoms with Crippen LogP contribution >= 0.6 is 0 Å². The van der Waals surface area contributed by atoms with Gasteiger partial charge in [-0.05, 0) is 24.3 Å². The second-order valence-electron chi connectivity index (χ2n) is 5.80. The van der Waals surface area contributed by atoms with Gasteiger partial charge in [-0.1, -0.05) is 41.5 Å². The van der Waals surface area contributed by atoms with E-state index in [0.29, 0.717) is 12.0 Å². The lowest BCUT2D eigenvalue weighted by molar-refractivity contribution is 0.0602. The van der Waals surface area contributed by atoms with Crippen molar-refractivity contribution in [3.05, 3.63) is 0 Å². The third-order valence-electron chi connectivity index (χ3n) is 2.42. The molecule has 0 aliphatic rings. The van der Waals surface area contributed by atoms with E-state index in [1.807, 2.05) is 0 Å². The van der Waals surface area contributed by atoms with Crippen molar-refractivity contribution < 1.29 is 4.74 Å². The average Bonchev–Trinajstić information content (AvgIpc) is 2.08. The first-order chi connectivity index (χ1) is 6.88. The van der Waals surface area contributed by atoms with Crippen LogP contribution in [0.2, 0.25) is 0 Å². The molecule has 0 fully saturated rings. The van der Waals surface area contributed by atoms with Crippen LogP contribution < -0.4 is 5.32 Å². The van der Waals surface area contributed by atoms with Gasteiger partial charge in [0, 0.05) is 12.6 Å². The van der Waals surface area contributed by atoms with Crippen molar-refractivity contribution in [2.45, 2.75) is 54.0 Å². The van der Waals surface area contributed by atoms with E-state index in [9.17, 15) is 0 Å². The Morgan fingerprint density at radius 3 is 2.13 bits per heavy atom. The van der Waals surface area contributed by atoms with E-state index in [4.69, 9.17) is 4.74 Å². The van der Waals surface area contributed by atoms with Gasteiger partial charge in [-0.2, -0.15) is 0 Å². The van der Waals surface area contributed by atoms with Gasteiger partial charge in [0.05, 0.1) is 6.61 Å². The fourth-order valence-corrected chi connectivity index (χ4v) is 1.36. The van der Waals surface area contributed by atoms with Crippen LogP contribution in [0.15, 0.2) is 0 Å². The SMILES string of the molecule is CCCNC(COCC(C)C)C(C)(C)C. The van der Waals surface area contributed by atoms with E-state index in [0.717, 1.165) is 19.8 Å². The van der Waals surface area contributed by atoms with Crippen molar-refractivity contribution in [3.63, 3.8) is 0 Å². The minimum Gasteiger partial charge on any atom is -0.380 e. The lowest BCUT2D eigenvalue weighted by Crippen LogP contribution is -2.44. The maximum absolute atomic E-state index is 5.72. The van der Waals surface area contributed by atoms with E-state index in [1.165, 1.54) is 6.42 Å². The zero-order chi connectivity index (χ0) is 11.9. The van der Waals surface area contributed by atoms with Crippen molar-refractivity contribution in [2.75, 3.05) is 19.8 Å². The molecule has 0 aliphatic carbocycles. The molecule has 1 atom stereocenters. The van der Waals surface area contributed by atoms with Crippen LogP contribution in [0.3, 0.4) is 0 Å². The highest BCUT2D eigenvalue weighted by Gasteiger charge is 2.23. The summed E-state index contributed by atoms with van der Waals surface area (Å²) in [5.41, 5.74) is 0.270. The zero-order valence-electron chi connectivity index (χ0n) is 11.4. The van der Waals surface area contributed by atoms with Crippen LogP contribution in [-0.4, -0.2) is 25.8 Å². The van der Waals surface area contributed by atoms with Gasteiger partial charge in [-0.3, -0.25) is 0 Å². The van der Waals surface area contributed by atoms with Crippen molar-refractivity contribution >= 4 is 0 Å². The molecule has 0 radical (unpaired) electrons. The Morgan fingerprint density at radius 1 is 1.13 bits per heavy atom. The Hall–Kier alpha value is -0.0800. The van der Waals surface area contributed by atoms with Crippen LogP contribution in [0, 0.1) is 11.3 Å². The van der Waals surface area contributed by atoms with Gasteiger partial charge >= 0.3 is 0 Å². The van der Waals surface area contributed by atoms with E-state index >= 15 is 0 Å². The Morgan fingerprint density at radius 2 is 1.73 bits per heavy atom. The molecular weight excluding hydrogens is 186 g/mol. The summed E-state index contributed by atoms with van der Waals surface area (Å²) in [6.07, 6.45) is 1.18. The molecule has 0 bridgehead atoms. The van der Waals surface area contributed by atoms with Crippen LogP contribution in [0.25, 0.3) is 0 Å². The Balaban J connectivity index is 3.91. The third kappa shape index (κ3) is 7.80. The average molecular weight is 215 g/mol. The van der Waals surface area contributed by atoms with Crippen molar-refractivity contribution in [2.24, 2.45) is 11.3 Å². The smallest absolute Gasteiger partial charge is 0.0624 e. The first kappa shape index (κ1) is 14.9. The predicted molar refractivity (Wildman–Crippen MR) is 67.2 cm³/mol. The van der Waals surface area contributed by atoms with Gasteiger partial charge < -0.3 is 10.1 Å². The summed E-state index contributed by atoms with van der Waals surface area (Å²) in [4.78, 5) is 0. The number of rotatable bonds is 7. The highest BCUT2D eigenvalue weighted by molar-refractivity contribution is 4.80. The van der Waals surface area contributed by atoms with Crippen LogP contribution in [0.4, 0.5) is 0 Å². The molecule has 0 aromatic rings. The van der Waals surface area contributed by atoms with Crippen LogP contribution in [-0.2, 0) is 4.74 Å². The summed E-state index contributed by atoms with van der Waals surface area (Å²) < 4.78 is 5.72. The van der Waals surface area contributed by atoms with Gasteiger partial charge in [0.15, 0.2) is 0 Å². The molecule has 0 aromatic carbocycles. The number of hydrogen-bond acceptors (Lipinski definition) is 2. The number of ether oxygens (including phenoxy) is 1. The molecule has 0 aliphatic heterocycles. The summed E-state index contributed by atoms with van der Waals surface area (Å²) in [5, 5.41) is 3.56. The molecule has 2 nitrogen and oxygen atoms in total. The highest BCUT2D eigenvalue weighted by atomic mass is 16.5. The van der Waals surface area contributed by atoms with E-state index in [2.05, 4.69) is 46.9 Å². The Kier molecular flexibility index (Phi) is 7.20. The molecule has 1 N–H and O–H groups in total. The summed E-state index contributed by atoms with van der Waals surface area (Å²) in [6.45, 7) is 16.1. The van der Waals surface area contributed by atoms with Crippen molar-refractivity contribution in [3.8, 4) is 0 Å². The fraction of sp³-hybridized carbons (Fsp3) is 1.00. The maximum Gasteiger partial charge on any atom is 0.0624 e. The first-order valence-corrected chi connectivity index (χ1v) is 6.19. The molecule has 0 saturated heterocycles. The van der Waals surface area contributed by atoms with Gasteiger partial charge in [0.25, 0.3) is 0 Å². The van der Waals surface area contributed by atoms with Gasteiger partial charge in [-0.25, -0.2) is 0 Å². The zero-order valence-corrected chi connectivity index (χ0v) is 11.4. The normalized spacial score (nSPS) is 14.6. The lowest BCUT2D eigenvalue weighted by atomic mass is 9.87. The molecule has 2 heteroatoms. The molecule has 1 unspecified atom stereocenters. The second kappa shape index (κ2) is 7.24. The van der Waals surface area contributed by atoms with Crippen LogP contribution in [0.5, 0.6) is 0 Å². The fourth-order valence-electron chi connectivity index (χ4n) is 1.36. The lowest BCUT2D eigenvalue weighted by Gasteiger charge is -2.31. The summed E-state index contributed by atoms with van der Waals surface area (Å²) >= 11 is 0. The minimum absolute atomic E-state index is 0.270. The van der Waals surface area contributed by atoms with Gasteiger partial charge in [0.1, 0.15) is 0 Å². The van der Waals surface area contributed by atoms with Crippen LogP contribution in [0.1, 0.15) is 48.0 Å². The Labute approximate surface area is 95.8 Å². The highest BCUT2D eigenvalue weighted by Crippen LogP contribution is 2.19. The largest absolute Gasteiger partial charge is 0.380 e. The van der Waals surface area contributed by atoms with Gasteiger partial charge in [-0.15, -0.1) is 0 Å². The van der Waals surface area contributed by atoms with Crippen molar-refractivity contribution in [1.82, 2.24) is 5.32 Å². The quantitative estimate of drug-likeness (QED) is 0.704. The van der Waals surface area contributed by atoms with E-state index in [1.54, 1.807) is 0 Å². The molecule has 92 valence electrons. The first-order valence-electron chi connectivity index (χ1n) is 6.19. The molecule has 0 aromatic heterocycles. The third-order valence-corrected chi connectivity index (χ3v) is 2.42. The molecule has 0 spiro atoms. The Bertz CT molecular complexity index is 149. The monoisotopic (exact) mass is 215 g/mol. The molecular formula is C13H29NO. The minimum atomic E-state index is 0.270. The van der Waals surface area contributed by atoms with Crippen molar-refractivity contribution in [1.29, 1.82) is 0 Å². The summed E-state index contributed by atoms with van der Waals surface area (Å²) in [7, 11) is 0. The molecule has 15 heavy (non-hydrogen) atoms. The second-order valence-corrected chi connectivity index (χ2v) is 5.80. The topological polar surface area (TPSA) is 21.3 Å². The van der Waals surface area contributed by atoms with E-state index < -0.39 is 0 Å². The van der Waals surface area contributed by atoms with Gasteiger partial charge in [0.2, 0.25) is 0 Å². The standard InChI is InChI=1S/C13H29NO/c1-7-8-14-12(13(4,5)6)10-15-9-11(2)3/h11-12,14H,7-10H2,1-6H3. The molecule has 0 rings (SSSR count). The molecule has 0 heterocycles.